The average molecular weight is 627 g/mol. The number of aryl methyl sites for hydroxylation is 1. The van der Waals surface area contributed by atoms with Crippen molar-refractivity contribution in [2.45, 2.75) is 115 Å². The molecule has 0 aromatic heterocycles. The van der Waals surface area contributed by atoms with Gasteiger partial charge in [0.15, 0.2) is 0 Å². The minimum absolute atomic E-state index is 0.172. The van der Waals surface area contributed by atoms with Gasteiger partial charge in [-0.1, -0.05) is 89.1 Å². The van der Waals surface area contributed by atoms with E-state index in [1.165, 1.54) is 75.3 Å². The average Bonchev–Trinajstić information content (AvgIpc) is 3.72. The van der Waals surface area contributed by atoms with Gasteiger partial charge in [0, 0.05) is 17.3 Å². The summed E-state index contributed by atoms with van der Waals surface area (Å²) in [6.07, 6.45) is 18.3. The highest BCUT2D eigenvalue weighted by atomic mass is 16.5. The summed E-state index contributed by atoms with van der Waals surface area (Å²) in [5.41, 5.74) is 12.9. The van der Waals surface area contributed by atoms with Gasteiger partial charge in [0.05, 0.1) is 14.2 Å². The minimum Gasteiger partial charge on any atom is -0.497 e. The Morgan fingerprint density at radius 3 is 1.87 bits per heavy atom. The zero-order valence-corrected chi connectivity index (χ0v) is 29.6. The molecule has 2 fully saturated rings. The van der Waals surface area contributed by atoms with Crippen LogP contribution in [-0.4, -0.2) is 14.2 Å². The molecule has 0 spiro atoms. The molecule has 0 aliphatic heterocycles. The van der Waals surface area contributed by atoms with Crippen molar-refractivity contribution in [1.82, 2.24) is 0 Å². The van der Waals surface area contributed by atoms with Gasteiger partial charge in [-0.3, -0.25) is 0 Å². The van der Waals surface area contributed by atoms with Crippen LogP contribution in [0.15, 0.2) is 84.0 Å². The van der Waals surface area contributed by atoms with E-state index in [1.54, 1.807) is 47.6 Å². The van der Waals surface area contributed by atoms with Crippen molar-refractivity contribution < 1.29 is 9.47 Å². The van der Waals surface area contributed by atoms with Crippen LogP contribution in [0.25, 0.3) is 0 Å². The second kappa shape index (κ2) is 11.4. The van der Waals surface area contributed by atoms with Crippen molar-refractivity contribution in [3.63, 3.8) is 0 Å². The summed E-state index contributed by atoms with van der Waals surface area (Å²) >= 11 is 0. The lowest BCUT2D eigenvalue weighted by Gasteiger charge is -2.49. The van der Waals surface area contributed by atoms with Gasteiger partial charge in [-0.15, -0.1) is 0 Å². The third-order valence-corrected chi connectivity index (χ3v) is 13.5. The van der Waals surface area contributed by atoms with Gasteiger partial charge in [-0.05, 0) is 143 Å². The Morgan fingerprint density at radius 2 is 1.26 bits per heavy atom. The molecular formula is C45H54O2. The maximum absolute atomic E-state index is 5.74. The first kappa shape index (κ1) is 31.0. The Kier molecular flexibility index (Phi) is 7.54. The first-order valence-corrected chi connectivity index (χ1v) is 18.6. The van der Waals surface area contributed by atoms with Gasteiger partial charge in [-0.25, -0.2) is 0 Å². The summed E-state index contributed by atoms with van der Waals surface area (Å²) in [5.74, 6) is 3.60. The normalized spacial score (nSPS) is 26.0. The minimum atomic E-state index is -0.172. The molecule has 3 atom stereocenters. The van der Waals surface area contributed by atoms with E-state index < -0.39 is 0 Å². The monoisotopic (exact) mass is 626 g/mol. The lowest BCUT2D eigenvalue weighted by molar-refractivity contribution is 0.234. The SMILES string of the molecule is COc1ccc(C(c2ccc(OC)cc2)(C2CCCC2)C2c3cc4c(cc3C3C=C5C(=CC32)CCCC5(C)C)C(C)(C)CCC4)cc1. The van der Waals surface area contributed by atoms with Crippen LogP contribution < -0.4 is 9.47 Å². The van der Waals surface area contributed by atoms with Crippen molar-refractivity contribution in [3.8, 4) is 11.5 Å². The first-order valence-electron chi connectivity index (χ1n) is 18.6. The summed E-state index contributed by atoms with van der Waals surface area (Å²) in [6.45, 7) is 9.96. The second-order valence-corrected chi connectivity index (χ2v) is 16.8. The van der Waals surface area contributed by atoms with Gasteiger partial charge in [0.1, 0.15) is 11.5 Å². The lowest BCUT2D eigenvalue weighted by atomic mass is 9.53. The molecule has 2 nitrogen and oxygen atoms in total. The summed E-state index contributed by atoms with van der Waals surface area (Å²) in [7, 11) is 3.57. The maximum atomic E-state index is 5.74. The van der Waals surface area contributed by atoms with Crippen molar-refractivity contribution in [3.05, 3.63) is 117 Å². The van der Waals surface area contributed by atoms with E-state index in [2.05, 4.69) is 101 Å². The number of allylic oxidation sites excluding steroid dienone is 4. The van der Waals surface area contributed by atoms with E-state index in [1.807, 2.05) is 0 Å². The molecule has 2 heteroatoms. The van der Waals surface area contributed by atoms with E-state index in [0.29, 0.717) is 23.7 Å². The van der Waals surface area contributed by atoms with Gasteiger partial charge in [-0.2, -0.15) is 0 Å². The van der Waals surface area contributed by atoms with Gasteiger partial charge in [0.2, 0.25) is 0 Å². The van der Waals surface area contributed by atoms with E-state index in [4.69, 9.17) is 9.47 Å². The number of methoxy groups -OCH3 is 2. The zero-order valence-electron chi connectivity index (χ0n) is 29.6. The first-order chi connectivity index (χ1) is 22.7. The highest BCUT2D eigenvalue weighted by molar-refractivity contribution is 5.61. The van der Waals surface area contributed by atoms with E-state index in [-0.39, 0.29) is 16.2 Å². The molecule has 5 aliphatic rings. The summed E-state index contributed by atoms with van der Waals surface area (Å²) in [4.78, 5) is 0. The molecule has 8 rings (SSSR count). The molecule has 0 heterocycles. The van der Waals surface area contributed by atoms with Crippen LogP contribution in [0.2, 0.25) is 0 Å². The van der Waals surface area contributed by atoms with Crippen LogP contribution >= 0.6 is 0 Å². The van der Waals surface area contributed by atoms with E-state index >= 15 is 0 Å². The van der Waals surface area contributed by atoms with Crippen molar-refractivity contribution in [2.24, 2.45) is 17.3 Å². The van der Waals surface area contributed by atoms with E-state index in [9.17, 15) is 0 Å². The highest BCUT2D eigenvalue weighted by Crippen LogP contribution is 2.66. The predicted molar refractivity (Wildman–Crippen MR) is 194 cm³/mol. The van der Waals surface area contributed by atoms with Crippen LogP contribution in [0.4, 0.5) is 0 Å². The van der Waals surface area contributed by atoms with Crippen LogP contribution in [0, 0.1) is 17.3 Å². The Balaban J connectivity index is 1.44. The molecule has 47 heavy (non-hydrogen) atoms. The number of benzene rings is 3. The molecule has 2 saturated carbocycles. The summed E-state index contributed by atoms with van der Waals surface area (Å²) in [5, 5.41) is 0. The second-order valence-electron chi connectivity index (χ2n) is 16.8. The molecular weight excluding hydrogens is 572 g/mol. The molecule has 0 saturated heterocycles. The maximum Gasteiger partial charge on any atom is 0.118 e. The number of hydrogen-bond acceptors (Lipinski definition) is 2. The summed E-state index contributed by atoms with van der Waals surface area (Å²) in [6, 6.07) is 24.0. The predicted octanol–water partition coefficient (Wildman–Crippen LogP) is 11.4. The highest BCUT2D eigenvalue weighted by Gasteiger charge is 2.57. The number of hydrogen-bond donors (Lipinski definition) is 0. The van der Waals surface area contributed by atoms with Crippen LogP contribution in [0.3, 0.4) is 0 Å². The third-order valence-electron chi connectivity index (χ3n) is 13.5. The van der Waals surface area contributed by atoms with Crippen LogP contribution in [-0.2, 0) is 17.3 Å². The Bertz CT molecular complexity index is 1660. The number of fused-ring (bicyclic) bond motifs is 5. The van der Waals surface area contributed by atoms with Crippen molar-refractivity contribution in [2.75, 3.05) is 14.2 Å². The topological polar surface area (TPSA) is 18.5 Å². The van der Waals surface area contributed by atoms with Gasteiger partial charge < -0.3 is 9.47 Å². The van der Waals surface area contributed by atoms with E-state index in [0.717, 1.165) is 11.5 Å². The fourth-order valence-electron chi connectivity index (χ4n) is 11.2. The number of ether oxygens (including phenoxy) is 2. The molecule has 0 N–H and O–H groups in total. The van der Waals surface area contributed by atoms with Crippen LogP contribution in [0.1, 0.15) is 131 Å². The Labute approximate surface area is 283 Å². The fraction of sp³-hybridized carbons (Fsp3) is 0.511. The third kappa shape index (κ3) is 4.79. The van der Waals surface area contributed by atoms with Gasteiger partial charge >= 0.3 is 0 Å². The number of rotatable bonds is 6. The smallest absolute Gasteiger partial charge is 0.118 e. The molecule has 3 unspecified atom stereocenters. The molecule has 246 valence electrons. The van der Waals surface area contributed by atoms with Crippen LogP contribution in [0.5, 0.6) is 11.5 Å². The Morgan fingerprint density at radius 1 is 0.660 bits per heavy atom. The quantitative estimate of drug-likeness (QED) is 0.271. The molecule has 0 radical (unpaired) electrons. The van der Waals surface area contributed by atoms with Crippen molar-refractivity contribution in [1.29, 1.82) is 0 Å². The molecule has 0 amide bonds. The molecule has 0 bridgehead atoms. The summed E-state index contributed by atoms with van der Waals surface area (Å²) < 4.78 is 11.5. The largest absolute Gasteiger partial charge is 0.497 e. The zero-order chi connectivity index (χ0) is 32.6. The standard InChI is InChI=1S/C45H54O2/c1-43(2)23-9-11-29-25-38-36(27-40(29)43)37-28-41-30(12-10-24-44(41,3)4)26-39(37)42(38)45(31-13-7-8-14-31,32-15-19-34(46-5)20-16-32)33-17-21-35(47-6)22-18-33/h15-22,25-28,31,36,38,42H,7-14,23-24H2,1-6H3. The molecule has 3 aromatic rings. The van der Waals surface area contributed by atoms with Gasteiger partial charge in [0.25, 0.3) is 0 Å². The molecule has 3 aromatic carbocycles. The van der Waals surface area contributed by atoms with Crippen molar-refractivity contribution >= 4 is 0 Å². The fourth-order valence-corrected chi connectivity index (χ4v) is 11.2. The molecule has 5 aliphatic carbocycles. The lowest BCUT2D eigenvalue weighted by Crippen LogP contribution is -2.44. The Hall–Kier alpha value is -3.26.